The molecule has 14 rings (SSSR count). The summed E-state index contributed by atoms with van der Waals surface area (Å²) in [6.07, 6.45) is -0.302. The highest BCUT2D eigenvalue weighted by Crippen LogP contribution is 2.58. The van der Waals surface area contributed by atoms with Gasteiger partial charge in [-0.2, -0.15) is 0 Å². The smallest absolute Gasteiger partial charge is 0.130 e. The average molecular weight is 1120 g/mol. The van der Waals surface area contributed by atoms with Crippen molar-refractivity contribution in [2.75, 3.05) is 20.8 Å². The lowest BCUT2D eigenvalue weighted by molar-refractivity contribution is 0.0647. The number of methoxy groups -OCH3 is 2. The van der Waals surface area contributed by atoms with E-state index in [1.165, 1.54) is 55.6 Å². The lowest BCUT2D eigenvalue weighted by Gasteiger charge is -2.34. The highest BCUT2D eigenvalue weighted by Gasteiger charge is 2.47. The van der Waals surface area contributed by atoms with Gasteiger partial charge in [-0.3, -0.25) is 0 Å². The van der Waals surface area contributed by atoms with Crippen molar-refractivity contribution in [2.24, 2.45) is 0 Å². The first kappa shape index (κ1) is 53.7. The first-order valence-corrected chi connectivity index (χ1v) is 29.3. The minimum Gasteiger partial charge on any atom is -0.497 e. The molecule has 0 aliphatic heterocycles. The fourth-order valence-electron chi connectivity index (χ4n) is 13.3. The number of hydrogen-bond donors (Lipinski definition) is 1. The molecule has 6 heteroatoms. The minimum atomic E-state index is -0.685. The largest absolute Gasteiger partial charge is 0.497 e. The van der Waals surface area contributed by atoms with Crippen LogP contribution in [-0.2, 0) is 22.0 Å². The van der Waals surface area contributed by atoms with Gasteiger partial charge in [0, 0.05) is 13.5 Å². The van der Waals surface area contributed by atoms with Crippen molar-refractivity contribution < 1.29 is 28.8 Å². The van der Waals surface area contributed by atoms with Crippen molar-refractivity contribution in [1.29, 1.82) is 0 Å². The van der Waals surface area contributed by atoms with E-state index in [9.17, 15) is 5.11 Å². The summed E-state index contributed by atoms with van der Waals surface area (Å²) >= 11 is 0. The van der Waals surface area contributed by atoms with E-state index in [2.05, 4.69) is 262 Å². The number of aryl methyl sites for hydroxylation is 1. The summed E-state index contributed by atoms with van der Waals surface area (Å²) in [6.45, 7) is 2.31. The van der Waals surface area contributed by atoms with Crippen LogP contribution < -0.4 is 18.9 Å². The van der Waals surface area contributed by atoms with Gasteiger partial charge in [-0.1, -0.05) is 206 Å². The van der Waals surface area contributed by atoms with Gasteiger partial charge in [0.25, 0.3) is 0 Å². The maximum Gasteiger partial charge on any atom is 0.130 e. The van der Waals surface area contributed by atoms with Crippen LogP contribution in [0.15, 0.2) is 285 Å². The second kappa shape index (κ2) is 22.7. The third kappa shape index (κ3) is 9.59. The molecule has 0 fully saturated rings. The second-order valence-electron chi connectivity index (χ2n) is 22.3. The van der Waals surface area contributed by atoms with Gasteiger partial charge >= 0.3 is 0 Å². The summed E-state index contributed by atoms with van der Waals surface area (Å²) in [4.78, 5) is 0. The summed E-state index contributed by atoms with van der Waals surface area (Å²) in [5, 5.41) is 10.9. The van der Waals surface area contributed by atoms with Gasteiger partial charge in [0.15, 0.2) is 0 Å². The van der Waals surface area contributed by atoms with Gasteiger partial charge < -0.3 is 28.8 Å². The summed E-state index contributed by atoms with van der Waals surface area (Å²) in [5.41, 5.74) is 19.7. The SMILES string of the molecule is COCC(O)Cc1cc(-c2ccc(C)cc2)ccc1Oc1ccc(C2(c3ccc(Oc4ccc(-c5ccc(Oc6ccc(C7(c8ccc(OC)cc8)c8ccccc8-c8ccccc87)cc6)cc5)cc4)cc3)c3ccccc3-c3ccccc32)cc1. The lowest BCUT2D eigenvalue weighted by Crippen LogP contribution is -2.28. The van der Waals surface area contributed by atoms with Crippen LogP contribution in [0, 0.1) is 6.92 Å². The maximum absolute atomic E-state index is 10.9. The number of fused-ring (bicyclic) bond motifs is 6. The van der Waals surface area contributed by atoms with Gasteiger partial charge in [-0.15, -0.1) is 0 Å². The maximum atomic E-state index is 10.9. The molecule has 12 aromatic rings. The van der Waals surface area contributed by atoms with Crippen LogP contribution in [-0.4, -0.2) is 32.0 Å². The normalized spacial score (nSPS) is 13.4. The van der Waals surface area contributed by atoms with E-state index in [1.54, 1.807) is 14.2 Å². The van der Waals surface area contributed by atoms with Crippen LogP contribution in [0.25, 0.3) is 44.5 Å². The van der Waals surface area contributed by atoms with Gasteiger partial charge in [-0.25, -0.2) is 0 Å². The molecular weight excluding hydrogens is 1060 g/mol. The van der Waals surface area contributed by atoms with E-state index < -0.39 is 16.9 Å². The van der Waals surface area contributed by atoms with Crippen LogP contribution in [0.3, 0.4) is 0 Å². The van der Waals surface area contributed by atoms with E-state index >= 15 is 0 Å². The molecular formula is C80H62O6. The molecule has 2 aliphatic carbocycles. The van der Waals surface area contributed by atoms with Crippen molar-refractivity contribution in [3.63, 3.8) is 0 Å². The fourth-order valence-corrected chi connectivity index (χ4v) is 13.3. The van der Waals surface area contributed by atoms with Crippen LogP contribution in [0.5, 0.6) is 40.2 Å². The van der Waals surface area contributed by atoms with Crippen LogP contribution in [0.1, 0.15) is 55.6 Å². The molecule has 418 valence electrons. The number of benzene rings is 12. The van der Waals surface area contributed by atoms with E-state index in [0.717, 1.165) is 73.3 Å². The van der Waals surface area contributed by atoms with Crippen molar-refractivity contribution in [3.05, 3.63) is 341 Å². The first-order chi connectivity index (χ1) is 42.3. The van der Waals surface area contributed by atoms with E-state index in [0.29, 0.717) is 17.9 Å². The van der Waals surface area contributed by atoms with Gasteiger partial charge in [0.05, 0.1) is 30.7 Å². The van der Waals surface area contributed by atoms with Crippen LogP contribution in [0.2, 0.25) is 0 Å². The third-order valence-corrected chi connectivity index (χ3v) is 17.3. The molecule has 0 spiro atoms. The quantitative estimate of drug-likeness (QED) is 0.0980. The van der Waals surface area contributed by atoms with Gasteiger partial charge in [0.1, 0.15) is 40.2 Å². The number of rotatable bonds is 17. The monoisotopic (exact) mass is 1120 g/mol. The average Bonchev–Trinajstić information content (AvgIpc) is 1.57. The van der Waals surface area contributed by atoms with Crippen molar-refractivity contribution in [2.45, 2.75) is 30.3 Å². The molecule has 6 nitrogen and oxygen atoms in total. The topological polar surface area (TPSA) is 66.4 Å². The molecule has 0 saturated carbocycles. The Kier molecular flexibility index (Phi) is 14.2. The summed E-state index contributed by atoms with van der Waals surface area (Å²) < 4.78 is 30.6. The first-order valence-electron chi connectivity index (χ1n) is 29.3. The molecule has 0 amide bonds. The summed E-state index contributed by atoms with van der Waals surface area (Å²) in [5.74, 6) is 5.21. The van der Waals surface area contributed by atoms with Crippen molar-refractivity contribution in [3.8, 4) is 84.8 Å². The summed E-state index contributed by atoms with van der Waals surface area (Å²) in [7, 11) is 3.31. The molecule has 0 saturated heterocycles. The van der Waals surface area contributed by atoms with Crippen molar-refractivity contribution >= 4 is 0 Å². The van der Waals surface area contributed by atoms with Gasteiger partial charge in [0.2, 0.25) is 0 Å². The zero-order valence-electron chi connectivity index (χ0n) is 48.1. The molecule has 12 aromatic carbocycles. The number of aliphatic hydroxyl groups excluding tert-OH is 1. The molecule has 0 aromatic heterocycles. The Labute approximate surface area is 502 Å². The summed E-state index contributed by atoms with van der Waals surface area (Å²) in [6, 6.07) is 100. The van der Waals surface area contributed by atoms with Crippen LogP contribution in [0.4, 0.5) is 0 Å². The number of ether oxygens (including phenoxy) is 5. The third-order valence-electron chi connectivity index (χ3n) is 17.3. The van der Waals surface area contributed by atoms with Crippen LogP contribution >= 0.6 is 0 Å². The predicted octanol–water partition coefficient (Wildman–Crippen LogP) is 19.0. The van der Waals surface area contributed by atoms with E-state index in [-0.39, 0.29) is 6.61 Å². The minimum absolute atomic E-state index is 0.225. The number of aliphatic hydroxyl groups is 1. The molecule has 2 aliphatic rings. The standard InChI is InChI=1S/C80H62O6/c1-53-20-22-56(23-21-53)57-28-49-78(58(50-57)51-63(81)52-82-2)86-69-47-35-62(36-48-69)80(76-18-10-6-14-72(76)73-15-7-11-19-77(73)80)61-33-45-68(46-34-61)85-66-39-26-55(27-40-66)54-24-37-65(38-25-54)84-67-43-31-60(32-44-67)79(59-29-41-64(83-3)42-30-59)74-16-8-4-12-70(74)71-13-5-9-17-75(71)79/h4-50,63,81H,51-52H2,1-3H3. The molecule has 0 bridgehead atoms. The Hall–Kier alpha value is -10.2. The predicted molar refractivity (Wildman–Crippen MR) is 344 cm³/mol. The zero-order valence-corrected chi connectivity index (χ0v) is 48.1. The van der Waals surface area contributed by atoms with E-state index in [1.807, 2.05) is 30.3 Å². The Balaban J connectivity index is 0.691. The lowest BCUT2D eigenvalue weighted by atomic mass is 9.68. The molecule has 0 heterocycles. The molecule has 86 heavy (non-hydrogen) atoms. The second-order valence-corrected chi connectivity index (χ2v) is 22.3. The number of hydrogen-bond acceptors (Lipinski definition) is 6. The highest BCUT2D eigenvalue weighted by atomic mass is 16.5. The zero-order chi connectivity index (χ0) is 58.2. The Morgan fingerprint density at radius 3 is 1.02 bits per heavy atom. The molecule has 1 N–H and O–H groups in total. The molecule has 0 radical (unpaired) electrons. The van der Waals surface area contributed by atoms with Gasteiger partial charge in [-0.05, 0) is 186 Å². The molecule has 1 atom stereocenters. The Morgan fingerprint density at radius 1 is 0.337 bits per heavy atom. The van der Waals surface area contributed by atoms with Crippen molar-refractivity contribution in [1.82, 2.24) is 0 Å². The Bertz CT molecular complexity index is 4290. The Morgan fingerprint density at radius 2 is 0.651 bits per heavy atom. The van der Waals surface area contributed by atoms with E-state index in [4.69, 9.17) is 23.7 Å². The molecule has 1 unspecified atom stereocenters. The fraction of sp³-hybridized carbons (Fsp3) is 0.100. The highest BCUT2D eigenvalue weighted by molar-refractivity contribution is 5.88.